The highest BCUT2D eigenvalue weighted by molar-refractivity contribution is 5.05. The van der Waals surface area contributed by atoms with E-state index in [1.165, 1.54) is 13.0 Å². The van der Waals surface area contributed by atoms with Crippen LogP contribution in [0.25, 0.3) is 0 Å². The van der Waals surface area contributed by atoms with Crippen LogP contribution >= 0.6 is 0 Å². The largest absolute Gasteiger partial charge is 0.247 e. The SMILES string of the molecule is C=C(F)/C=C\CC(C)F. The van der Waals surface area contributed by atoms with Gasteiger partial charge in [0, 0.05) is 0 Å². The van der Waals surface area contributed by atoms with Crippen LogP contribution in [0, 0.1) is 0 Å². The van der Waals surface area contributed by atoms with Crippen LogP contribution in [0.3, 0.4) is 0 Å². The van der Waals surface area contributed by atoms with Crippen LogP contribution in [0.15, 0.2) is 24.6 Å². The third kappa shape index (κ3) is 7.34. The lowest BCUT2D eigenvalue weighted by Gasteiger charge is -1.90. The fourth-order valence-electron chi connectivity index (χ4n) is 0.383. The number of alkyl halides is 1. The molecule has 0 aromatic heterocycles. The number of hydrogen-bond donors (Lipinski definition) is 0. The molecule has 0 aromatic rings. The fourth-order valence-corrected chi connectivity index (χ4v) is 0.383. The summed E-state index contributed by atoms with van der Waals surface area (Å²) in [5, 5.41) is 0. The van der Waals surface area contributed by atoms with E-state index in [9.17, 15) is 8.78 Å². The summed E-state index contributed by atoms with van der Waals surface area (Å²) in [6.07, 6.45) is 1.94. The van der Waals surface area contributed by atoms with Crippen molar-refractivity contribution >= 4 is 0 Å². The van der Waals surface area contributed by atoms with Crippen molar-refractivity contribution in [2.45, 2.75) is 19.5 Å². The fraction of sp³-hybridized carbons (Fsp3) is 0.429. The predicted molar refractivity (Wildman–Crippen MR) is 34.6 cm³/mol. The van der Waals surface area contributed by atoms with Crippen molar-refractivity contribution in [3.8, 4) is 0 Å². The minimum Gasteiger partial charge on any atom is -0.247 e. The third-order valence-electron chi connectivity index (χ3n) is 0.760. The van der Waals surface area contributed by atoms with Gasteiger partial charge in [0.15, 0.2) is 0 Å². The van der Waals surface area contributed by atoms with Crippen molar-refractivity contribution < 1.29 is 8.78 Å². The van der Waals surface area contributed by atoms with E-state index in [-0.39, 0.29) is 6.42 Å². The van der Waals surface area contributed by atoms with Gasteiger partial charge in [0.05, 0.1) is 0 Å². The van der Waals surface area contributed by atoms with Crippen LogP contribution in [0.4, 0.5) is 8.78 Å². The molecule has 0 saturated carbocycles. The van der Waals surface area contributed by atoms with Gasteiger partial charge in [-0.05, 0) is 19.4 Å². The summed E-state index contributed by atoms with van der Waals surface area (Å²) in [6, 6.07) is 0. The van der Waals surface area contributed by atoms with Crippen molar-refractivity contribution in [2.24, 2.45) is 0 Å². The van der Waals surface area contributed by atoms with Crippen LogP contribution in [-0.2, 0) is 0 Å². The first-order valence-electron chi connectivity index (χ1n) is 2.78. The Labute approximate surface area is 53.9 Å². The maximum atomic E-state index is 11.9. The van der Waals surface area contributed by atoms with Gasteiger partial charge in [-0.3, -0.25) is 0 Å². The maximum Gasteiger partial charge on any atom is 0.115 e. The molecule has 0 amide bonds. The lowest BCUT2D eigenvalue weighted by Crippen LogP contribution is -1.86. The van der Waals surface area contributed by atoms with Gasteiger partial charge in [-0.25, -0.2) is 8.78 Å². The molecule has 0 aliphatic heterocycles. The van der Waals surface area contributed by atoms with E-state index < -0.39 is 12.0 Å². The molecule has 52 valence electrons. The smallest absolute Gasteiger partial charge is 0.115 e. The number of rotatable bonds is 3. The normalized spacial score (nSPS) is 14.1. The van der Waals surface area contributed by atoms with Gasteiger partial charge >= 0.3 is 0 Å². The molecular weight excluding hydrogens is 122 g/mol. The molecule has 1 unspecified atom stereocenters. The van der Waals surface area contributed by atoms with Gasteiger partial charge in [-0.1, -0.05) is 12.7 Å². The second-order valence-corrected chi connectivity index (χ2v) is 1.87. The van der Waals surface area contributed by atoms with E-state index in [4.69, 9.17) is 0 Å². The monoisotopic (exact) mass is 132 g/mol. The van der Waals surface area contributed by atoms with Crippen molar-refractivity contribution in [1.29, 1.82) is 0 Å². The zero-order valence-corrected chi connectivity index (χ0v) is 5.40. The Hall–Kier alpha value is -0.660. The minimum atomic E-state index is -0.902. The molecule has 0 fully saturated rings. The lowest BCUT2D eigenvalue weighted by molar-refractivity contribution is 0.365. The predicted octanol–water partition coefficient (Wildman–Crippen LogP) is 2.77. The molecule has 0 aliphatic carbocycles. The summed E-state index contributed by atoms with van der Waals surface area (Å²) in [4.78, 5) is 0. The Morgan fingerprint density at radius 3 is 2.67 bits per heavy atom. The summed E-state index contributed by atoms with van der Waals surface area (Å²) in [6.45, 7) is 4.40. The Balaban J connectivity index is 3.36. The standard InChI is InChI=1S/C7H10F2/c1-6(8)4-3-5-7(2)9/h3-4,7H,1,5H2,2H3/b4-3-. The first-order valence-corrected chi connectivity index (χ1v) is 2.78. The topological polar surface area (TPSA) is 0 Å². The third-order valence-corrected chi connectivity index (χ3v) is 0.760. The highest BCUT2D eigenvalue weighted by atomic mass is 19.1. The Morgan fingerprint density at radius 1 is 1.78 bits per heavy atom. The summed E-state index contributed by atoms with van der Waals surface area (Å²) >= 11 is 0. The van der Waals surface area contributed by atoms with Gasteiger partial charge in [0.25, 0.3) is 0 Å². The highest BCUT2D eigenvalue weighted by Crippen LogP contribution is 1.99. The molecule has 9 heavy (non-hydrogen) atoms. The van der Waals surface area contributed by atoms with Gasteiger partial charge < -0.3 is 0 Å². The molecule has 2 heteroatoms. The van der Waals surface area contributed by atoms with E-state index >= 15 is 0 Å². The molecule has 0 N–H and O–H groups in total. The van der Waals surface area contributed by atoms with E-state index in [2.05, 4.69) is 6.58 Å². The Morgan fingerprint density at radius 2 is 2.33 bits per heavy atom. The van der Waals surface area contributed by atoms with E-state index in [0.29, 0.717) is 0 Å². The molecule has 0 bridgehead atoms. The average Bonchev–Trinajstić information content (AvgIpc) is 1.63. The second kappa shape index (κ2) is 4.24. The van der Waals surface area contributed by atoms with Gasteiger partial charge in [0.2, 0.25) is 0 Å². The number of halogens is 2. The van der Waals surface area contributed by atoms with Gasteiger partial charge in [0.1, 0.15) is 12.0 Å². The molecule has 0 nitrogen and oxygen atoms in total. The van der Waals surface area contributed by atoms with Gasteiger partial charge in [-0.2, -0.15) is 0 Å². The van der Waals surface area contributed by atoms with Crippen LogP contribution < -0.4 is 0 Å². The van der Waals surface area contributed by atoms with Crippen molar-refractivity contribution in [2.75, 3.05) is 0 Å². The van der Waals surface area contributed by atoms with Crippen molar-refractivity contribution in [3.63, 3.8) is 0 Å². The van der Waals surface area contributed by atoms with E-state index in [1.807, 2.05) is 0 Å². The molecule has 0 aliphatic rings. The van der Waals surface area contributed by atoms with Crippen LogP contribution in [-0.4, -0.2) is 6.17 Å². The molecule has 0 spiro atoms. The Kier molecular flexibility index (Phi) is 3.93. The summed E-state index contributed by atoms with van der Waals surface area (Å²) < 4.78 is 23.7. The van der Waals surface area contributed by atoms with Crippen LogP contribution in [0.5, 0.6) is 0 Å². The number of allylic oxidation sites excluding steroid dienone is 3. The first-order chi connectivity index (χ1) is 4.13. The molecule has 0 rings (SSSR count). The summed E-state index contributed by atoms with van der Waals surface area (Å²) in [7, 11) is 0. The van der Waals surface area contributed by atoms with E-state index in [1.54, 1.807) is 0 Å². The molecule has 0 heterocycles. The highest BCUT2D eigenvalue weighted by Gasteiger charge is 1.90. The molecule has 0 aromatic carbocycles. The second-order valence-electron chi connectivity index (χ2n) is 1.87. The summed E-state index contributed by atoms with van der Waals surface area (Å²) in [5.74, 6) is -0.532. The summed E-state index contributed by atoms with van der Waals surface area (Å²) in [5.41, 5.74) is 0. The van der Waals surface area contributed by atoms with E-state index in [0.717, 1.165) is 6.08 Å². The molecule has 1 atom stereocenters. The molecule has 0 radical (unpaired) electrons. The average molecular weight is 132 g/mol. The van der Waals surface area contributed by atoms with Crippen molar-refractivity contribution in [1.82, 2.24) is 0 Å². The van der Waals surface area contributed by atoms with Crippen molar-refractivity contribution in [3.05, 3.63) is 24.6 Å². The molecule has 0 saturated heterocycles. The lowest BCUT2D eigenvalue weighted by atomic mass is 10.3. The Bertz CT molecular complexity index is 114. The molecular formula is C7H10F2. The maximum absolute atomic E-state index is 11.9. The zero-order chi connectivity index (χ0) is 7.28. The first kappa shape index (κ1) is 8.34. The number of hydrogen-bond acceptors (Lipinski definition) is 0. The van der Waals surface area contributed by atoms with Crippen LogP contribution in [0.2, 0.25) is 0 Å². The minimum absolute atomic E-state index is 0.253. The zero-order valence-electron chi connectivity index (χ0n) is 5.40. The quantitative estimate of drug-likeness (QED) is 0.518. The van der Waals surface area contributed by atoms with Gasteiger partial charge in [-0.15, -0.1) is 0 Å². The van der Waals surface area contributed by atoms with Crippen LogP contribution in [0.1, 0.15) is 13.3 Å².